The third-order valence-corrected chi connectivity index (χ3v) is 3.37. The van der Waals surface area contributed by atoms with Gasteiger partial charge in [0.1, 0.15) is 10.8 Å². The van der Waals surface area contributed by atoms with Crippen molar-refractivity contribution in [2.24, 2.45) is 10.8 Å². The Balaban J connectivity index is 0. The molecule has 1 unspecified atom stereocenters. The molecule has 6 nitrogen and oxygen atoms in total. The van der Waals surface area contributed by atoms with Gasteiger partial charge in [-0.15, -0.1) is 0 Å². The van der Waals surface area contributed by atoms with Gasteiger partial charge in [-0.3, -0.25) is 9.59 Å². The summed E-state index contributed by atoms with van der Waals surface area (Å²) in [5, 5.41) is 35.4. The van der Waals surface area contributed by atoms with Crippen LogP contribution in [0.5, 0.6) is 0 Å². The smallest absolute Gasteiger partial charge is 0.319 e. The van der Waals surface area contributed by atoms with E-state index in [-0.39, 0.29) is 6.61 Å². The summed E-state index contributed by atoms with van der Waals surface area (Å²) in [6, 6.07) is 0. The zero-order chi connectivity index (χ0) is 20.1. The number of aliphatic hydroxyl groups excluding tert-OH is 2. The summed E-state index contributed by atoms with van der Waals surface area (Å²) in [5.74, 6) is -2.43. The van der Waals surface area contributed by atoms with Crippen LogP contribution in [0.4, 0.5) is 0 Å². The standard InChI is InChI=1S/C16H22O4.C3H8O2/c1-5-9-15(10-6-2,13(17)18)16(11-7-3,12-8-4)14(19)20;1-3(5)2-4/h5-12H,1-4H3,(H,17,18)(H,19,20);3-5H,2H2,1H3. The number of aliphatic hydroxyl groups is 2. The SMILES string of the molecule is CC(O)CO.CC=CC(C=CC)(C(=O)O)C(C=CC)(C=CC)C(=O)O. The Kier molecular flexibility index (Phi) is 12.3. The van der Waals surface area contributed by atoms with E-state index in [1.54, 1.807) is 52.0 Å². The van der Waals surface area contributed by atoms with E-state index in [0.29, 0.717) is 0 Å². The summed E-state index contributed by atoms with van der Waals surface area (Å²) < 4.78 is 0. The molecular formula is C19H30O6. The largest absolute Gasteiger partial charge is 0.480 e. The lowest BCUT2D eigenvalue weighted by atomic mass is 9.62. The maximum atomic E-state index is 11.9. The summed E-state index contributed by atoms with van der Waals surface area (Å²) in [5.41, 5.74) is -3.36. The fourth-order valence-electron chi connectivity index (χ4n) is 2.35. The van der Waals surface area contributed by atoms with Gasteiger partial charge >= 0.3 is 11.9 Å². The minimum atomic E-state index is -1.68. The molecule has 0 heterocycles. The molecule has 0 bridgehead atoms. The molecule has 4 N–H and O–H groups in total. The first-order valence-corrected chi connectivity index (χ1v) is 7.96. The van der Waals surface area contributed by atoms with Crippen LogP contribution < -0.4 is 0 Å². The van der Waals surface area contributed by atoms with Crippen molar-refractivity contribution in [3.63, 3.8) is 0 Å². The zero-order valence-corrected chi connectivity index (χ0v) is 15.5. The van der Waals surface area contributed by atoms with Gasteiger partial charge in [0, 0.05) is 0 Å². The van der Waals surface area contributed by atoms with Gasteiger partial charge in [-0.25, -0.2) is 0 Å². The van der Waals surface area contributed by atoms with Crippen LogP contribution in [-0.4, -0.2) is 45.1 Å². The summed E-state index contributed by atoms with van der Waals surface area (Å²) in [4.78, 5) is 23.7. The number of rotatable bonds is 8. The predicted octanol–water partition coefficient (Wildman–Crippen LogP) is 2.79. The van der Waals surface area contributed by atoms with Gasteiger partial charge in [-0.1, -0.05) is 48.6 Å². The van der Waals surface area contributed by atoms with Crippen LogP contribution in [0.2, 0.25) is 0 Å². The Hall–Kier alpha value is -2.18. The maximum absolute atomic E-state index is 11.9. The predicted molar refractivity (Wildman–Crippen MR) is 98.2 cm³/mol. The lowest BCUT2D eigenvalue weighted by Crippen LogP contribution is -2.48. The van der Waals surface area contributed by atoms with E-state index in [2.05, 4.69) is 0 Å². The summed E-state index contributed by atoms with van der Waals surface area (Å²) >= 11 is 0. The quantitative estimate of drug-likeness (QED) is 0.498. The summed E-state index contributed by atoms with van der Waals surface area (Å²) in [6.45, 7) is 8.05. The van der Waals surface area contributed by atoms with E-state index in [1.165, 1.54) is 31.2 Å². The Morgan fingerprint density at radius 1 is 0.800 bits per heavy atom. The maximum Gasteiger partial charge on any atom is 0.319 e. The van der Waals surface area contributed by atoms with E-state index in [0.717, 1.165) is 0 Å². The Morgan fingerprint density at radius 3 is 1.08 bits per heavy atom. The molecule has 0 aromatic carbocycles. The third-order valence-electron chi connectivity index (χ3n) is 3.37. The number of carbonyl (C=O) groups is 2. The molecule has 0 spiro atoms. The molecule has 0 aliphatic heterocycles. The van der Waals surface area contributed by atoms with E-state index >= 15 is 0 Å². The molecule has 0 amide bonds. The van der Waals surface area contributed by atoms with E-state index in [9.17, 15) is 19.8 Å². The summed E-state index contributed by atoms with van der Waals surface area (Å²) in [7, 11) is 0. The molecule has 25 heavy (non-hydrogen) atoms. The van der Waals surface area contributed by atoms with Crippen molar-refractivity contribution in [2.75, 3.05) is 6.61 Å². The molecule has 142 valence electrons. The van der Waals surface area contributed by atoms with Crippen LogP contribution in [-0.2, 0) is 9.59 Å². The van der Waals surface area contributed by atoms with Gasteiger partial charge in [0.2, 0.25) is 0 Å². The molecule has 1 atom stereocenters. The molecule has 0 rings (SSSR count). The van der Waals surface area contributed by atoms with Crippen molar-refractivity contribution in [2.45, 2.75) is 40.7 Å². The number of carboxylic acids is 2. The molecule has 0 aliphatic carbocycles. The van der Waals surface area contributed by atoms with E-state index in [4.69, 9.17) is 10.2 Å². The van der Waals surface area contributed by atoms with Crippen LogP contribution in [0.15, 0.2) is 48.6 Å². The fourth-order valence-corrected chi connectivity index (χ4v) is 2.35. The van der Waals surface area contributed by atoms with Crippen LogP contribution in [0.25, 0.3) is 0 Å². The monoisotopic (exact) mass is 354 g/mol. The molecule has 0 fully saturated rings. The highest BCUT2D eigenvalue weighted by atomic mass is 16.4. The topological polar surface area (TPSA) is 115 Å². The van der Waals surface area contributed by atoms with Crippen molar-refractivity contribution in [3.8, 4) is 0 Å². The van der Waals surface area contributed by atoms with Gasteiger partial charge in [-0.2, -0.15) is 0 Å². The number of hydrogen-bond acceptors (Lipinski definition) is 4. The van der Waals surface area contributed by atoms with Crippen molar-refractivity contribution in [3.05, 3.63) is 48.6 Å². The van der Waals surface area contributed by atoms with Gasteiger partial charge in [-0.05, 0) is 34.6 Å². The van der Waals surface area contributed by atoms with Crippen LogP contribution in [0, 0.1) is 10.8 Å². The Labute approximate surface area is 149 Å². The van der Waals surface area contributed by atoms with Crippen molar-refractivity contribution in [1.29, 1.82) is 0 Å². The first-order valence-electron chi connectivity index (χ1n) is 7.96. The summed E-state index contributed by atoms with van der Waals surface area (Å²) in [6.07, 6.45) is 11.3. The number of carboxylic acid groups (broad SMARTS) is 2. The second kappa shape index (κ2) is 12.2. The van der Waals surface area contributed by atoms with Crippen molar-refractivity contribution >= 4 is 11.9 Å². The highest BCUT2D eigenvalue weighted by Gasteiger charge is 2.55. The molecule has 0 aliphatic rings. The molecular weight excluding hydrogens is 324 g/mol. The highest BCUT2D eigenvalue weighted by molar-refractivity contribution is 5.93. The average molecular weight is 354 g/mol. The van der Waals surface area contributed by atoms with E-state index in [1.807, 2.05) is 0 Å². The van der Waals surface area contributed by atoms with Crippen LogP contribution in [0.1, 0.15) is 34.6 Å². The number of allylic oxidation sites excluding steroid dienone is 4. The van der Waals surface area contributed by atoms with E-state index < -0.39 is 28.9 Å². The van der Waals surface area contributed by atoms with Gasteiger partial charge in [0.25, 0.3) is 0 Å². The number of hydrogen-bond donors (Lipinski definition) is 4. The lowest BCUT2D eigenvalue weighted by molar-refractivity contribution is -0.158. The molecule has 0 aromatic heterocycles. The van der Waals surface area contributed by atoms with Crippen LogP contribution >= 0.6 is 0 Å². The second-order valence-electron chi connectivity index (χ2n) is 5.38. The number of aliphatic carboxylic acids is 2. The lowest BCUT2D eigenvalue weighted by Gasteiger charge is -2.37. The first kappa shape index (κ1) is 25.1. The Bertz CT molecular complexity index is 458. The Morgan fingerprint density at radius 2 is 1.00 bits per heavy atom. The minimum absolute atomic E-state index is 0.139. The third kappa shape index (κ3) is 6.32. The molecule has 6 heteroatoms. The van der Waals surface area contributed by atoms with Crippen LogP contribution in [0.3, 0.4) is 0 Å². The minimum Gasteiger partial charge on any atom is -0.480 e. The van der Waals surface area contributed by atoms with Crippen molar-refractivity contribution in [1.82, 2.24) is 0 Å². The first-order chi connectivity index (χ1) is 11.6. The van der Waals surface area contributed by atoms with Gasteiger partial charge in [0.05, 0.1) is 12.7 Å². The molecule has 0 saturated carbocycles. The average Bonchev–Trinajstić information content (AvgIpc) is 2.54. The normalized spacial score (nSPS) is 18.0. The van der Waals surface area contributed by atoms with Gasteiger partial charge < -0.3 is 20.4 Å². The second-order valence-corrected chi connectivity index (χ2v) is 5.38. The zero-order valence-electron chi connectivity index (χ0n) is 15.5. The highest BCUT2D eigenvalue weighted by Crippen LogP contribution is 2.46. The fraction of sp³-hybridized carbons (Fsp3) is 0.474. The van der Waals surface area contributed by atoms with Gasteiger partial charge in [0.15, 0.2) is 0 Å². The molecule has 0 saturated heterocycles. The van der Waals surface area contributed by atoms with Crippen molar-refractivity contribution < 1.29 is 30.0 Å². The molecule has 0 radical (unpaired) electrons. The molecule has 0 aromatic rings.